The monoisotopic (exact) mass is 249 g/mol. The first-order valence-electron chi connectivity index (χ1n) is 4.52. The molecule has 2 aromatic rings. The summed E-state index contributed by atoms with van der Waals surface area (Å²) in [5.74, 6) is 0. The first kappa shape index (κ1) is 11.1. The minimum absolute atomic E-state index is 0.198. The van der Waals surface area contributed by atoms with Crippen LogP contribution in [0.3, 0.4) is 0 Å². The molecule has 0 bridgehead atoms. The number of nitro groups is 1. The number of nitrogen functional groups attached to an aromatic ring is 1. The molecule has 0 unspecified atom stereocenters. The Morgan fingerprint density at radius 2 is 2.00 bits per heavy atom. The minimum Gasteiger partial charge on any atom is -0.399 e. The van der Waals surface area contributed by atoms with Crippen molar-refractivity contribution in [1.82, 2.24) is 4.98 Å². The number of azo groups is 1. The average Bonchev–Trinajstić information content (AvgIpc) is 2.77. The van der Waals surface area contributed by atoms with E-state index in [9.17, 15) is 10.1 Å². The topological polar surface area (TPSA) is 107 Å². The molecular formula is C9H7N5O2S. The Labute approximate surface area is 99.8 Å². The zero-order valence-electron chi connectivity index (χ0n) is 8.48. The number of anilines is 1. The molecule has 0 spiro atoms. The lowest BCUT2D eigenvalue weighted by atomic mass is 10.3. The van der Waals surface area contributed by atoms with Crippen LogP contribution >= 0.6 is 11.3 Å². The molecule has 86 valence electrons. The number of benzene rings is 1. The van der Waals surface area contributed by atoms with Crippen LogP contribution < -0.4 is 5.73 Å². The van der Waals surface area contributed by atoms with E-state index in [-0.39, 0.29) is 5.13 Å². The van der Waals surface area contributed by atoms with E-state index >= 15 is 0 Å². The van der Waals surface area contributed by atoms with Gasteiger partial charge in [-0.3, -0.25) is 0 Å². The Hall–Kier alpha value is -2.35. The van der Waals surface area contributed by atoms with Crippen molar-refractivity contribution in [2.45, 2.75) is 0 Å². The molecule has 0 aliphatic rings. The maximum absolute atomic E-state index is 10.4. The molecule has 0 fully saturated rings. The summed E-state index contributed by atoms with van der Waals surface area (Å²) in [5, 5.41) is 18.3. The molecule has 7 nitrogen and oxygen atoms in total. The van der Waals surface area contributed by atoms with Crippen LogP contribution in [0.15, 0.2) is 40.7 Å². The smallest absolute Gasteiger partial charge is 0.399 e. The molecule has 8 heteroatoms. The first-order chi connectivity index (χ1) is 8.15. The van der Waals surface area contributed by atoms with Crippen LogP contribution in [0.5, 0.6) is 0 Å². The quantitative estimate of drug-likeness (QED) is 0.390. The standard InChI is InChI=1S/C9H7N5O2S/c10-6-1-3-7(4-2-6)12-13-8-5-11-9(17-8)14(15)16/h1-5H,10H2. The minimum atomic E-state index is -0.563. The second-order valence-electron chi connectivity index (χ2n) is 3.03. The fourth-order valence-electron chi connectivity index (χ4n) is 1.04. The van der Waals surface area contributed by atoms with E-state index in [2.05, 4.69) is 15.2 Å². The van der Waals surface area contributed by atoms with Crippen LogP contribution in [-0.2, 0) is 0 Å². The second-order valence-corrected chi connectivity index (χ2v) is 4.02. The van der Waals surface area contributed by atoms with Crippen molar-refractivity contribution >= 4 is 32.8 Å². The predicted octanol–water partition coefficient (Wildman–Crippen LogP) is 3.05. The van der Waals surface area contributed by atoms with Gasteiger partial charge in [0.05, 0.1) is 5.69 Å². The summed E-state index contributed by atoms with van der Waals surface area (Å²) in [6, 6.07) is 6.80. The largest absolute Gasteiger partial charge is 0.425 e. The highest BCUT2D eigenvalue weighted by atomic mass is 32.1. The van der Waals surface area contributed by atoms with Gasteiger partial charge in [-0.15, -0.1) is 10.2 Å². The summed E-state index contributed by atoms with van der Waals surface area (Å²) in [6.07, 6.45) is 1.31. The Morgan fingerprint density at radius 3 is 2.59 bits per heavy atom. The van der Waals surface area contributed by atoms with Crippen molar-refractivity contribution in [3.63, 3.8) is 0 Å². The molecule has 1 aromatic heterocycles. The summed E-state index contributed by atoms with van der Waals surface area (Å²) in [6.45, 7) is 0. The van der Waals surface area contributed by atoms with Crippen molar-refractivity contribution in [3.05, 3.63) is 40.6 Å². The van der Waals surface area contributed by atoms with Crippen LogP contribution in [0.25, 0.3) is 0 Å². The maximum Gasteiger partial charge on any atom is 0.425 e. The zero-order chi connectivity index (χ0) is 12.3. The summed E-state index contributed by atoms with van der Waals surface area (Å²) < 4.78 is 0. The molecule has 0 atom stereocenters. The molecule has 0 aliphatic carbocycles. The molecular weight excluding hydrogens is 242 g/mol. The van der Waals surface area contributed by atoms with Crippen molar-refractivity contribution in [1.29, 1.82) is 0 Å². The predicted molar refractivity (Wildman–Crippen MR) is 63.8 cm³/mol. The lowest BCUT2D eigenvalue weighted by Crippen LogP contribution is -1.83. The maximum atomic E-state index is 10.4. The SMILES string of the molecule is Nc1ccc(N=Nc2cnc([N+](=O)[O-])s2)cc1. The average molecular weight is 249 g/mol. The molecule has 2 rings (SSSR count). The number of hydrogen-bond acceptors (Lipinski definition) is 7. The number of nitrogens with zero attached hydrogens (tertiary/aromatic N) is 4. The van der Waals surface area contributed by atoms with Crippen LogP contribution in [0.2, 0.25) is 0 Å². The normalized spacial score (nSPS) is 10.8. The van der Waals surface area contributed by atoms with E-state index in [0.29, 0.717) is 16.4 Å². The van der Waals surface area contributed by atoms with E-state index in [1.165, 1.54) is 6.20 Å². The Kier molecular flexibility index (Phi) is 3.06. The highest BCUT2D eigenvalue weighted by Gasteiger charge is 2.11. The van der Waals surface area contributed by atoms with Gasteiger partial charge in [-0.25, -0.2) is 0 Å². The van der Waals surface area contributed by atoms with Gasteiger partial charge in [-0.05, 0) is 45.5 Å². The number of thiazole rings is 1. The van der Waals surface area contributed by atoms with Gasteiger partial charge in [-0.2, -0.15) is 0 Å². The molecule has 0 saturated heterocycles. The van der Waals surface area contributed by atoms with Crippen molar-refractivity contribution in [2.75, 3.05) is 5.73 Å². The first-order valence-corrected chi connectivity index (χ1v) is 5.34. The molecule has 0 radical (unpaired) electrons. The highest BCUT2D eigenvalue weighted by molar-refractivity contribution is 7.18. The van der Waals surface area contributed by atoms with Gasteiger partial charge in [-0.1, -0.05) is 0 Å². The second kappa shape index (κ2) is 4.66. The molecule has 17 heavy (non-hydrogen) atoms. The number of aromatic nitrogens is 1. The van der Waals surface area contributed by atoms with Gasteiger partial charge in [0.15, 0.2) is 11.2 Å². The zero-order valence-corrected chi connectivity index (χ0v) is 9.29. The van der Waals surface area contributed by atoms with Gasteiger partial charge in [0, 0.05) is 5.69 Å². The summed E-state index contributed by atoms with van der Waals surface area (Å²) in [7, 11) is 0. The summed E-state index contributed by atoms with van der Waals surface area (Å²) in [4.78, 5) is 13.4. The molecule has 2 N–H and O–H groups in total. The van der Waals surface area contributed by atoms with Crippen LogP contribution in [0.1, 0.15) is 0 Å². The van der Waals surface area contributed by atoms with Gasteiger partial charge >= 0.3 is 5.13 Å². The Morgan fingerprint density at radius 1 is 1.29 bits per heavy atom. The Bertz CT molecular complexity index is 563. The van der Waals surface area contributed by atoms with Crippen molar-refractivity contribution in [2.24, 2.45) is 10.2 Å². The van der Waals surface area contributed by atoms with Crippen LogP contribution in [-0.4, -0.2) is 9.91 Å². The fraction of sp³-hybridized carbons (Fsp3) is 0. The molecule has 0 aliphatic heterocycles. The number of nitrogens with two attached hydrogens (primary N) is 1. The third kappa shape index (κ3) is 2.82. The number of hydrogen-bond donors (Lipinski definition) is 1. The summed E-state index contributed by atoms with van der Waals surface area (Å²) >= 11 is 0.868. The fourth-order valence-corrected chi connectivity index (χ4v) is 1.59. The lowest BCUT2D eigenvalue weighted by Gasteiger charge is -1.92. The molecule has 0 amide bonds. The van der Waals surface area contributed by atoms with Gasteiger partial charge in [0.1, 0.15) is 0 Å². The number of rotatable bonds is 3. The van der Waals surface area contributed by atoms with Crippen molar-refractivity contribution in [3.8, 4) is 0 Å². The van der Waals surface area contributed by atoms with Gasteiger partial charge in [0.2, 0.25) is 0 Å². The Balaban J connectivity index is 2.14. The van der Waals surface area contributed by atoms with E-state index in [1.807, 2.05) is 0 Å². The van der Waals surface area contributed by atoms with Crippen LogP contribution in [0.4, 0.5) is 21.5 Å². The van der Waals surface area contributed by atoms with Gasteiger partial charge in [0.25, 0.3) is 0 Å². The summed E-state index contributed by atoms with van der Waals surface area (Å²) in [5.41, 5.74) is 6.77. The lowest BCUT2D eigenvalue weighted by molar-refractivity contribution is -0.384. The molecule has 1 heterocycles. The van der Waals surface area contributed by atoms with Crippen molar-refractivity contribution < 1.29 is 4.92 Å². The van der Waals surface area contributed by atoms with E-state index < -0.39 is 4.92 Å². The molecule has 0 saturated carbocycles. The van der Waals surface area contributed by atoms with E-state index in [0.717, 1.165) is 11.3 Å². The van der Waals surface area contributed by atoms with E-state index in [4.69, 9.17) is 5.73 Å². The third-order valence-electron chi connectivity index (χ3n) is 1.79. The highest BCUT2D eigenvalue weighted by Crippen LogP contribution is 2.29. The molecule has 1 aromatic carbocycles. The van der Waals surface area contributed by atoms with Crippen LogP contribution in [0, 0.1) is 10.1 Å². The van der Waals surface area contributed by atoms with E-state index in [1.54, 1.807) is 24.3 Å². The third-order valence-corrected chi connectivity index (χ3v) is 2.63. The van der Waals surface area contributed by atoms with Gasteiger partial charge < -0.3 is 15.8 Å².